The van der Waals surface area contributed by atoms with Crippen LogP contribution in [0, 0.1) is 13.8 Å². The topological polar surface area (TPSA) is 76.7 Å². The van der Waals surface area contributed by atoms with E-state index in [2.05, 4.69) is 10.6 Å². The highest BCUT2D eigenvalue weighted by atomic mass is 32.2. The molecule has 3 aromatic carbocycles. The number of rotatable bonds is 8. The Morgan fingerprint density at radius 1 is 0.879 bits per heavy atom. The van der Waals surface area contributed by atoms with Gasteiger partial charge in [0.25, 0.3) is 5.91 Å². The third-order valence-electron chi connectivity index (χ3n) is 5.30. The van der Waals surface area contributed by atoms with Gasteiger partial charge in [0.1, 0.15) is 0 Å². The molecule has 1 unspecified atom stereocenters. The fraction of sp³-hybridized carbons (Fsp3) is 0.231. The molecule has 2 amide bonds. The lowest BCUT2D eigenvalue weighted by molar-refractivity contribution is -0.115. The van der Waals surface area contributed by atoms with Crippen LogP contribution in [0.2, 0.25) is 0 Å². The second kappa shape index (κ2) is 10.9. The maximum absolute atomic E-state index is 12.6. The van der Waals surface area contributed by atoms with Gasteiger partial charge in [-0.3, -0.25) is 9.59 Å². The van der Waals surface area contributed by atoms with E-state index >= 15 is 0 Å². The maximum Gasteiger partial charge on any atom is 0.255 e. The highest BCUT2D eigenvalue weighted by molar-refractivity contribution is 8.00. The highest BCUT2D eigenvalue weighted by Crippen LogP contribution is 2.29. The van der Waals surface area contributed by atoms with Crippen LogP contribution in [0.1, 0.15) is 28.4 Å². The molecule has 33 heavy (non-hydrogen) atoms. The molecule has 0 saturated heterocycles. The summed E-state index contributed by atoms with van der Waals surface area (Å²) >= 11 is 1.46. The standard InChI is InChI=1S/C26H28N2O4S/c1-16-7-6-8-22(17(16)2)28-25(29)18(3)33-21-12-10-20(11-13-21)27-26(30)19-9-14-23(31-4)24(15-19)32-5/h6-15,18H,1-5H3,(H,27,30)(H,28,29). The summed E-state index contributed by atoms with van der Waals surface area (Å²) in [6, 6.07) is 18.3. The minimum Gasteiger partial charge on any atom is -0.493 e. The molecule has 0 radical (unpaired) electrons. The molecule has 0 aliphatic carbocycles. The molecule has 6 nitrogen and oxygen atoms in total. The lowest BCUT2D eigenvalue weighted by Crippen LogP contribution is -2.22. The Hall–Kier alpha value is -3.45. The number of hydrogen-bond donors (Lipinski definition) is 2. The van der Waals surface area contributed by atoms with Gasteiger partial charge in [-0.05, 0) is 80.4 Å². The minimum atomic E-state index is -0.280. The lowest BCUT2D eigenvalue weighted by atomic mass is 10.1. The number of ether oxygens (including phenoxy) is 2. The Kier molecular flexibility index (Phi) is 8.01. The van der Waals surface area contributed by atoms with Crippen molar-refractivity contribution in [1.29, 1.82) is 0 Å². The zero-order valence-corrected chi connectivity index (χ0v) is 20.2. The number of hydrogen-bond acceptors (Lipinski definition) is 5. The summed E-state index contributed by atoms with van der Waals surface area (Å²) in [7, 11) is 3.07. The van der Waals surface area contributed by atoms with E-state index in [1.807, 2.05) is 63.2 Å². The quantitative estimate of drug-likeness (QED) is 0.419. The Labute approximate surface area is 198 Å². The smallest absolute Gasteiger partial charge is 0.255 e. The molecule has 0 saturated carbocycles. The monoisotopic (exact) mass is 464 g/mol. The molecule has 1 atom stereocenters. The van der Waals surface area contributed by atoms with E-state index in [0.29, 0.717) is 22.7 Å². The number of aryl methyl sites for hydroxylation is 1. The van der Waals surface area contributed by atoms with Gasteiger partial charge in [-0.25, -0.2) is 0 Å². The van der Waals surface area contributed by atoms with Crippen LogP contribution in [0.15, 0.2) is 65.6 Å². The Bertz CT molecular complexity index is 1150. The van der Waals surface area contributed by atoms with E-state index < -0.39 is 0 Å². The van der Waals surface area contributed by atoms with Crippen LogP contribution in [0.4, 0.5) is 11.4 Å². The molecule has 3 rings (SSSR count). The molecule has 7 heteroatoms. The predicted molar refractivity (Wildman–Crippen MR) is 134 cm³/mol. The van der Waals surface area contributed by atoms with Crippen molar-refractivity contribution in [2.24, 2.45) is 0 Å². The van der Waals surface area contributed by atoms with E-state index in [9.17, 15) is 9.59 Å². The van der Waals surface area contributed by atoms with E-state index in [1.165, 1.54) is 18.9 Å². The van der Waals surface area contributed by atoms with Crippen LogP contribution in [0.25, 0.3) is 0 Å². The molecule has 0 heterocycles. The van der Waals surface area contributed by atoms with Crippen molar-refractivity contribution in [3.05, 3.63) is 77.4 Å². The number of thioether (sulfide) groups is 1. The first kappa shape index (κ1) is 24.2. The maximum atomic E-state index is 12.6. The summed E-state index contributed by atoms with van der Waals surface area (Å²) in [6.07, 6.45) is 0. The van der Waals surface area contributed by atoms with Crippen molar-refractivity contribution in [2.45, 2.75) is 30.9 Å². The van der Waals surface area contributed by atoms with Crippen LogP contribution in [-0.4, -0.2) is 31.3 Å². The van der Waals surface area contributed by atoms with Gasteiger partial charge < -0.3 is 20.1 Å². The van der Waals surface area contributed by atoms with Crippen molar-refractivity contribution in [3.8, 4) is 11.5 Å². The van der Waals surface area contributed by atoms with Gasteiger partial charge in [0.15, 0.2) is 11.5 Å². The third-order valence-corrected chi connectivity index (χ3v) is 6.41. The highest BCUT2D eigenvalue weighted by Gasteiger charge is 2.16. The van der Waals surface area contributed by atoms with E-state index in [0.717, 1.165) is 21.7 Å². The van der Waals surface area contributed by atoms with Crippen molar-refractivity contribution in [1.82, 2.24) is 0 Å². The summed E-state index contributed by atoms with van der Waals surface area (Å²) in [4.78, 5) is 26.2. The second-order valence-corrected chi connectivity index (χ2v) is 8.96. The molecule has 0 fully saturated rings. The largest absolute Gasteiger partial charge is 0.493 e. The molecule has 0 aromatic heterocycles. The average molecular weight is 465 g/mol. The van der Waals surface area contributed by atoms with Crippen molar-refractivity contribution < 1.29 is 19.1 Å². The molecular weight excluding hydrogens is 436 g/mol. The van der Waals surface area contributed by atoms with E-state index in [1.54, 1.807) is 25.3 Å². The number of methoxy groups -OCH3 is 2. The van der Waals surface area contributed by atoms with Crippen LogP contribution in [0.3, 0.4) is 0 Å². The van der Waals surface area contributed by atoms with Gasteiger partial charge >= 0.3 is 0 Å². The van der Waals surface area contributed by atoms with Crippen LogP contribution >= 0.6 is 11.8 Å². The molecule has 0 bridgehead atoms. The predicted octanol–water partition coefficient (Wildman–Crippen LogP) is 5.69. The second-order valence-electron chi connectivity index (χ2n) is 7.55. The Morgan fingerprint density at radius 2 is 1.58 bits per heavy atom. The number of nitrogens with one attached hydrogen (secondary N) is 2. The summed E-state index contributed by atoms with van der Waals surface area (Å²) in [5.74, 6) is 0.744. The number of anilines is 2. The van der Waals surface area contributed by atoms with Crippen LogP contribution in [-0.2, 0) is 4.79 Å². The van der Waals surface area contributed by atoms with Gasteiger partial charge in [-0.15, -0.1) is 11.8 Å². The molecule has 3 aromatic rings. The van der Waals surface area contributed by atoms with Crippen molar-refractivity contribution >= 4 is 35.0 Å². The number of amides is 2. The van der Waals surface area contributed by atoms with Crippen molar-refractivity contribution in [3.63, 3.8) is 0 Å². The fourth-order valence-corrected chi connectivity index (χ4v) is 4.04. The molecular formula is C26H28N2O4S. The number of carbonyl (C=O) groups is 2. The molecule has 172 valence electrons. The Morgan fingerprint density at radius 3 is 2.24 bits per heavy atom. The van der Waals surface area contributed by atoms with Gasteiger partial charge in [0, 0.05) is 21.8 Å². The molecule has 0 spiro atoms. The number of carbonyl (C=O) groups excluding carboxylic acids is 2. The SMILES string of the molecule is COc1ccc(C(=O)Nc2ccc(SC(C)C(=O)Nc3cccc(C)c3C)cc2)cc1OC. The number of benzene rings is 3. The van der Waals surface area contributed by atoms with Crippen LogP contribution in [0.5, 0.6) is 11.5 Å². The zero-order valence-electron chi connectivity index (χ0n) is 19.4. The van der Waals surface area contributed by atoms with Crippen LogP contribution < -0.4 is 20.1 Å². The minimum absolute atomic E-state index is 0.0560. The summed E-state index contributed by atoms with van der Waals surface area (Å²) in [6.45, 7) is 5.89. The summed E-state index contributed by atoms with van der Waals surface area (Å²) in [5.41, 5.74) is 4.16. The van der Waals surface area contributed by atoms with E-state index in [4.69, 9.17) is 9.47 Å². The molecule has 0 aliphatic rings. The molecule has 2 N–H and O–H groups in total. The van der Waals surface area contributed by atoms with Gasteiger partial charge in [0.05, 0.1) is 19.5 Å². The fourth-order valence-electron chi connectivity index (χ4n) is 3.18. The normalized spacial score (nSPS) is 11.4. The average Bonchev–Trinajstić information content (AvgIpc) is 2.82. The lowest BCUT2D eigenvalue weighted by Gasteiger charge is -2.15. The third kappa shape index (κ3) is 6.08. The Balaban J connectivity index is 1.60. The van der Waals surface area contributed by atoms with Crippen molar-refractivity contribution in [2.75, 3.05) is 24.9 Å². The van der Waals surface area contributed by atoms with Gasteiger partial charge in [-0.1, -0.05) is 12.1 Å². The van der Waals surface area contributed by atoms with E-state index in [-0.39, 0.29) is 17.1 Å². The first-order valence-corrected chi connectivity index (χ1v) is 11.4. The first-order valence-electron chi connectivity index (χ1n) is 10.5. The zero-order chi connectivity index (χ0) is 24.0. The summed E-state index contributed by atoms with van der Waals surface area (Å²) < 4.78 is 10.5. The van der Waals surface area contributed by atoms with Gasteiger partial charge in [-0.2, -0.15) is 0 Å². The summed E-state index contributed by atoms with van der Waals surface area (Å²) in [5, 5.41) is 5.60. The molecule has 0 aliphatic heterocycles. The first-order chi connectivity index (χ1) is 15.8. The van der Waals surface area contributed by atoms with Gasteiger partial charge in [0.2, 0.25) is 5.91 Å².